The fourth-order valence-electron chi connectivity index (χ4n) is 2.62. The van der Waals surface area contributed by atoms with E-state index in [1.165, 1.54) is 24.0 Å². The number of nitrogens with zero attached hydrogens (tertiary/aromatic N) is 1. The van der Waals surface area contributed by atoms with Gasteiger partial charge in [0.15, 0.2) is 0 Å². The van der Waals surface area contributed by atoms with Crippen molar-refractivity contribution in [1.82, 2.24) is 4.90 Å². The van der Waals surface area contributed by atoms with Crippen LogP contribution in [0, 0.1) is 0 Å². The molecule has 104 valence electrons. The summed E-state index contributed by atoms with van der Waals surface area (Å²) in [4.78, 5) is 13.7. The van der Waals surface area contributed by atoms with Crippen LogP contribution in [0.5, 0.6) is 0 Å². The van der Waals surface area contributed by atoms with Crippen LogP contribution in [-0.4, -0.2) is 35.7 Å². The van der Waals surface area contributed by atoms with Gasteiger partial charge in [-0.1, -0.05) is 12.1 Å². The minimum Gasteiger partial charge on any atom is -0.395 e. The van der Waals surface area contributed by atoms with Crippen molar-refractivity contribution in [1.29, 1.82) is 0 Å². The van der Waals surface area contributed by atoms with Gasteiger partial charge in [-0.05, 0) is 49.8 Å². The van der Waals surface area contributed by atoms with Crippen molar-refractivity contribution in [3.63, 3.8) is 0 Å². The van der Waals surface area contributed by atoms with Gasteiger partial charge >= 0.3 is 6.03 Å². The van der Waals surface area contributed by atoms with Crippen LogP contribution < -0.4 is 5.32 Å². The lowest BCUT2D eigenvalue weighted by atomic mass is 9.90. The summed E-state index contributed by atoms with van der Waals surface area (Å²) in [5, 5.41) is 11.9. The van der Waals surface area contributed by atoms with Crippen LogP contribution in [0.25, 0.3) is 0 Å². The first kappa shape index (κ1) is 13.9. The van der Waals surface area contributed by atoms with Crippen LogP contribution in [0.3, 0.4) is 0 Å². The van der Waals surface area contributed by atoms with E-state index in [1.54, 1.807) is 4.90 Å². The minimum absolute atomic E-state index is 0.00580. The van der Waals surface area contributed by atoms with E-state index in [4.69, 9.17) is 5.11 Å². The van der Waals surface area contributed by atoms with Gasteiger partial charge in [0.2, 0.25) is 0 Å². The van der Waals surface area contributed by atoms with Crippen molar-refractivity contribution in [2.45, 2.75) is 32.6 Å². The van der Waals surface area contributed by atoms with E-state index in [0.717, 1.165) is 18.5 Å². The molecule has 0 radical (unpaired) electrons. The standard InChI is InChI=1S/C15H22N2O2/c1-2-17(10-11-18)15(19)16-14-9-5-7-12-6-3-4-8-13(12)14/h5,7,9,18H,2-4,6,8,10-11H2,1H3,(H,16,19). The third-order valence-corrected chi connectivity index (χ3v) is 3.68. The fourth-order valence-corrected chi connectivity index (χ4v) is 2.62. The van der Waals surface area contributed by atoms with E-state index in [2.05, 4.69) is 11.4 Å². The Balaban J connectivity index is 2.12. The van der Waals surface area contributed by atoms with E-state index >= 15 is 0 Å². The Bertz CT molecular complexity index is 446. The van der Waals surface area contributed by atoms with Gasteiger partial charge in [-0.2, -0.15) is 0 Å². The number of carbonyl (C=O) groups excluding carboxylic acids is 1. The number of urea groups is 1. The zero-order valence-electron chi connectivity index (χ0n) is 11.5. The molecule has 19 heavy (non-hydrogen) atoms. The molecular formula is C15H22N2O2. The summed E-state index contributed by atoms with van der Waals surface area (Å²) >= 11 is 0. The van der Waals surface area contributed by atoms with Gasteiger partial charge in [-0.25, -0.2) is 4.79 Å². The van der Waals surface area contributed by atoms with Crippen molar-refractivity contribution < 1.29 is 9.90 Å². The number of anilines is 1. The topological polar surface area (TPSA) is 52.6 Å². The molecule has 1 aromatic rings. The first-order valence-corrected chi connectivity index (χ1v) is 7.03. The van der Waals surface area contributed by atoms with Crippen molar-refractivity contribution in [2.24, 2.45) is 0 Å². The molecule has 0 unspecified atom stereocenters. The van der Waals surface area contributed by atoms with Crippen LogP contribution >= 0.6 is 0 Å². The van der Waals surface area contributed by atoms with Crippen LogP contribution in [0.4, 0.5) is 10.5 Å². The van der Waals surface area contributed by atoms with E-state index in [0.29, 0.717) is 13.1 Å². The second kappa shape index (κ2) is 6.57. The Morgan fingerprint density at radius 2 is 2.16 bits per heavy atom. The van der Waals surface area contributed by atoms with Crippen LogP contribution in [0.1, 0.15) is 30.9 Å². The molecule has 0 aliphatic heterocycles. The number of hydrogen-bond donors (Lipinski definition) is 2. The van der Waals surface area contributed by atoms with Crippen molar-refractivity contribution in [2.75, 3.05) is 25.0 Å². The molecule has 1 aromatic carbocycles. The zero-order chi connectivity index (χ0) is 13.7. The van der Waals surface area contributed by atoms with Crippen molar-refractivity contribution in [3.05, 3.63) is 29.3 Å². The summed E-state index contributed by atoms with van der Waals surface area (Å²) in [5.41, 5.74) is 3.56. The monoisotopic (exact) mass is 262 g/mol. The third-order valence-electron chi connectivity index (χ3n) is 3.68. The van der Waals surface area contributed by atoms with E-state index in [-0.39, 0.29) is 12.6 Å². The average molecular weight is 262 g/mol. The van der Waals surface area contributed by atoms with Gasteiger partial charge in [0, 0.05) is 18.8 Å². The summed E-state index contributed by atoms with van der Waals surface area (Å²) in [6.07, 6.45) is 4.56. The van der Waals surface area contributed by atoms with Gasteiger partial charge in [0.25, 0.3) is 0 Å². The minimum atomic E-state index is -0.129. The maximum absolute atomic E-state index is 12.1. The Kier molecular flexibility index (Phi) is 4.80. The lowest BCUT2D eigenvalue weighted by Gasteiger charge is -2.23. The Morgan fingerprint density at radius 3 is 2.89 bits per heavy atom. The van der Waals surface area contributed by atoms with Gasteiger partial charge < -0.3 is 15.3 Å². The molecular weight excluding hydrogens is 240 g/mol. The van der Waals surface area contributed by atoms with Crippen LogP contribution in [-0.2, 0) is 12.8 Å². The lowest BCUT2D eigenvalue weighted by Crippen LogP contribution is -2.37. The molecule has 0 saturated carbocycles. The Hall–Kier alpha value is -1.55. The molecule has 0 spiro atoms. The maximum Gasteiger partial charge on any atom is 0.321 e. The first-order valence-electron chi connectivity index (χ1n) is 7.03. The quantitative estimate of drug-likeness (QED) is 0.875. The number of likely N-dealkylation sites (N-methyl/N-ethyl adjacent to an activating group) is 1. The molecule has 2 N–H and O–H groups in total. The van der Waals surface area contributed by atoms with Gasteiger partial charge in [-0.3, -0.25) is 0 Å². The molecule has 1 aliphatic carbocycles. The molecule has 2 rings (SSSR count). The molecule has 2 amide bonds. The normalized spacial score (nSPS) is 13.8. The first-order chi connectivity index (χ1) is 9.26. The Morgan fingerprint density at radius 1 is 1.37 bits per heavy atom. The predicted molar refractivity (Wildman–Crippen MR) is 76.4 cm³/mol. The number of aliphatic hydroxyl groups excluding tert-OH is 1. The highest BCUT2D eigenvalue weighted by atomic mass is 16.3. The number of amides is 2. The highest BCUT2D eigenvalue weighted by Gasteiger charge is 2.16. The van der Waals surface area contributed by atoms with Crippen LogP contribution in [0.2, 0.25) is 0 Å². The maximum atomic E-state index is 12.1. The number of fused-ring (bicyclic) bond motifs is 1. The second-order valence-corrected chi connectivity index (χ2v) is 4.88. The van der Waals surface area contributed by atoms with Crippen molar-refractivity contribution >= 4 is 11.7 Å². The van der Waals surface area contributed by atoms with E-state index in [1.807, 2.05) is 19.1 Å². The molecule has 4 heteroatoms. The number of benzene rings is 1. The fraction of sp³-hybridized carbons (Fsp3) is 0.533. The summed E-state index contributed by atoms with van der Waals surface area (Å²) < 4.78 is 0. The Labute approximate surface area is 114 Å². The second-order valence-electron chi connectivity index (χ2n) is 4.88. The van der Waals surface area contributed by atoms with Gasteiger partial charge in [-0.15, -0.1) is 0 Å². The predicted octanol–water partition coefficient (Wildman–Crippen LogP) is 2.41. The van der Waals surface area contributed by atoms with E-state index < -0.39 is 0 Å². The number of rotatable bonds is 4. The molecule has 0 saturated heterocycles. The smallest absolute Gasteiger partial charge is 0.321 e. The highest BCUT2D eigenvalue weighted by molar-refractivity contribution is 5.90. The highest BCUT2D eigenvalue weighted by Crippen LogP contribution is 2.27. The summed E-state index contributed by atoms with van der Waals surface area (Å²) in [6.45, 7) is 2.88. The van der Waals surface area contributed by atoms with Crippen molar-refractivity contribution in [3.8, 4) is 0 Å². The zero-order valence-corrected chi connectivity index (χ0v) is 11.5. The average Bonchev–Trinajstić information content (AvgIpc) is 2.45. The molecule has 4 nitrogen and oxygen atoms in total. The van der Waals surface area contributed by atoms with Gasteiger partial charge in [0.05, 0.1) is 6.61 Å². The molecule has 0 aromatic heterocycles. The number of nitrogens with one attached hydrogen (secondary N) is 1. The lowest BCUT2D eigenvalue weighted by molar-refractivity contribution is 0.192. The summed E-state index contributed by atoms with van der Waals surface area (Å²) in [7, 11) is 0. The molecule has 0 bridgehead atoms. The summed E-state index contributed by atoms with van der Waals surface area (Å²) in [6, 6.07) is 5.99. The molecule has 0 heterocycles. The number of aliphatic hydroxyl groups is 1. The van der Waals surface area contributed by atoms with Gasteiger partial charge in [0.1, 0.15) is 0 Å². The van der Waals surface area contributed by atoms with Crippen LogP contribution in [0.15, 0.2) is 18.2 Å². The van der Waals surface area contributed by atoms with E-state index in [9.17, 15) is 4.79 Å². The molecule has 0 atom stereocenters. The number of hydrogen-bond acceptors (Lipinski definition) is 2. The number of aryl methyl sites for hydroxylation is 1. The molecule has 0 fully saturated rings. The third kappa shape index (κ3) is 3.26. The largest absolute Gasteiger partial charge is 0.395 e. The summed E-state index contributed by atoms with van der Waals surface area (Å²) in [5.74, 6) is 0. The SMILES string of the molecule is CCN(CCO)C(=O)Nc1cccc2c1CCCC2. The number of carbonyl (C=O) groups is 1. The molecule has 1 aliphatic rings.